The third kappa shape index (κ3) is 3.84. The summed E-state index contributed by atoms with van der Waals surface area (Å²) in [5.41, 5.74) is 5.46. The van der Waals surface area contributed by atoms with Crippen LogP contribution < -0.4 is 15.0 Å². The molecule has 3 aromatic carbocycles. The fourth-order valence-corrected chi connectivity index (χ4v) is 6.51. The van der Waals surface area contributed by atoms with E-state index >= 15 is 0 Å². The Morgan fingerprint density at radius 3 is 2.53 bits per heavy atom. The molecule has 7 heteroatoms. The number of piperazine rings is 1. The normalized spacial score (nSPS) is 18.0. The first-order valence-corrected chi connectivity index (χ1v) is 13.7. The van der Waals surface area contributed by atoms with E-state index in [2.05, 4.69) is 26.3 Å². The Morgan fingerprint density at radius 2 is 1.74 bits per heavy atom. The number of hydrogen-bond donors (Lipinski definition) is 1. The Labute approximate surface area is 222 Å². The van der Waals surface area contributed by atoms with Gasteiger partial charge < -0.3 is 19.5 Å². The molecule has 38 heavy (non-hydrogen) atoms. The second-order valence-electron chi connectivity index (χ2n) is 10.6. The summed E-state index contributed by atoms with van der Waals surface area (Å²) in [7, 11) is 1.66. The van der Waals surface area contributed by atoms with Gasteiger partial charge in [0.15, 0.2) is 11.5 Å². The molecule has 1 aromatic heterocycles. The number of ether oxygens (including phenoxy) is 1. The molecule has 0 unspecified atom stereocenters. The van der Waals surface area contributed by atoms with E-state index in [4.69, 9.17) is 9.26 Å². The van der Waals surface area contributed by atoms with Crippen molar-refractivity contribution in [2.24, 2.45) is 0 Å². The summed E-state index contributed by atoms with van der Waals surface area (Å²) in [5, 5.41) is 8.89. The summed E-state index contributed by atoms with van der Waals surface area (Å²) in [6.45, 7) is 3.94. The van der Waals surface area contributed by atoms with E-state index in [9.17, 15) is 4.79 Å². The monoisotopic (exact) mass is 508 g/mol. The predicted octanol–water partition coefficient (Wildman–Crippen LogP) is 6.25. The minimum atomic E-state index is -0.0136. The van der Waals surface area contributed by atoms with Gasteiger partial charge in [-0.05, 0) is 31.0 Å². The number of hydrogen-bond acceptors (Lipinski definition) is 7. The summed E-state index contributed by atoms with van der Waals surface area (Å²) in [4.78, 5) is 19.0. The summed E-state index contributed by atoms with van der Waals surface area (Å²) in [6.07, 6.45) is 6.72. The van der Waals surface area contributed by atoms with Gasteiger partial charge in [0, 0.05) is 55.1 Å². The van der Waals surface area contributed by atoms with Gasteiger partial charge in [-0.1, -0.05) is 54.8 Å². The highest BCUT2D eigenvalue weighted by atomic mass is 16.5. The Morgan fingerprint density at radius 1 is 0.947 bits per heavy atom. The molecule has 0 spiro atoms. The molecule has 1 aliphatic heterocycles. The predicted molar refractivity (Wildman–Crippen MR) is 150 cm³/mol. The zero-order valence-corrected chi connectivity index (χ0v) is 21.7. The fraction of sp³-hybridized carbons (Fsp3) is 0.355. The Bertz CT molecular complexity index is 1510. The van der Waals surface area contributed by atoms with Crippen molar-refractivity contribution in [1.82, 2.24) is 10.1 Å². The molecular formula is C31H32N4O3. The van der Waals surface area contributed by atoms with Gasteiger partial charge in [0.25, 0.3) is 0 Å². The first-order valence-electron chi connectivity index (χ1n) is 13.7. The first kappa shape index (κ1) is 23.3. The number of rotatable bonds is 5. The second-order valence-corrected chi connectivity index (χ2v) is 10.6. The lowest BCUT2D eigenvalue weighted by Crippen LogP contribution is -2.51. The third-order valence-corrected chi connectivity index (χ3v) is 8.47. The molecule has 7 nitrogen and oxygen atoms in total. The molecule has 2 fully saturated rings. The van der Waals surface area contributed by atoms with E-state index in [1.165, 1.54) is 32.1 Å². The van der Waals surface area contributed by atoms with E-state index in [1.807, 2.05) is 48.5 Å². The van der Waals surface area contributed by atoms with E-state index in [1.54, 1.807) is 7.11 Å². The van der Waals surface area contributed by atoms with Crippen molar-refractivity contribution < 1.29 is 14.1 Å². The standard InChI is InChI=1S/C31H32N4O3/c1-37-22-11-7-8-20(18-22)32-25-19-26(35-16-14-34(15-17-35)21-9-3-2-4-10-21)29-28-27(25)30(36)23-12-5-6-13-24(23)31(28)38-33-29/h5-8,11-13,18-19,21,32H,2-4,9-10,14-17H2,1H3. The van der Waals surface area contributed by atoms with Crippen molar-refractivity contribution in [2.45, 2.75) is 38.1 Å². The number of nitrogens with one attached hydrogen (secondary N) is 1. The van der Waals surface area contributed by atoms with Crippen LogP contribution in [0, 0.1) is 0 Å². The van der Waals surface area contributed by atoms with Crippen molar-refractivity contribution >= 4 is 33.7 Å². The van der Waals surface area contributed by atoms with Crippen LogP contribution in [0.2, 0.25) is 0 Å². The zero-order chi connectivity index (χ0) is 25.6. The van der Waals surface area contributed by atoms with Gasteiger partial charge >= 0.3 is 0 Å². The minimum Gasteiger partial charge on any atom is -0.497 e. The van der Waals surface area contributed by atoms with Crippen LogP contribution in [0.15, 0.2) is 59.1 Å². The summed E-state index contributed by atoms with van der Waals surface area (Å²) < 4.78 is 11.4. The van der Waals surface area contributed by atoms with E-state index in [0.29, 0.717) is 16.9 Å². The number of fused-ring (bicyclic) bond motifs is 2. The van der Waals surface area contributed by atoms with Gasteiger partial charge in [0.1, 0.15) is 11.3 Å². The smallest absolute Gasteiger partial charge is 0.196 e. The van der Waals surface area contributed by atoms with Crippen LogP contribution in [0.1, 0.15) is 48.0 Å². The fourth-order valence-electron chi connectivity index (χ4n) is 6.51. The molecule has 2 heterocycles. The third-order valence-electron chi connectivity index (χ3n) is 8.47. The van der Waals surface area contributed by atoms with Crippen LogP contribution in [-0.2, 0) is 0 Å². The lowest BCUT2D eigenvalue weighted by atomic mass is 9.86. The highest BCUT2D eigenvalue weighted by molar-refractivity contribution is 6.28. The molecule has 1 N–H and O–H groups in total. The molecule has 0 bridgehead atoms. The number of ketones is 1. The number of carbonyl (C=O) groups excluding carboxylic acids is 1. The van der Waals surface area contributed by atoms with Gasteiger partial charge in [-0.15, -0.1) is 0 Å². The summed E-state index contributed by atoms with van der Waals surface area (Å²) in [6, 6.07) is 18.2. The maximum absolute atomic E-state index is 13.9. The van der Waals surface area contributed by atoms with E-state index in [-0.39, 0.29) is 5.78 Å². The van der Waals surface area contributed by atoms with Crippen molar-refractivity contribution in [3.8, 4) is 17.1 Å². The van der Waals surface area contributed by atoms with Gasteiger partial charge in [0.2, 0.25) is 0 Å². The summed E-state index contributed by atoms with van der Waals surface area (Å²) >= 11 is 0. The van der Waals surface area contributed by atoms with Gasteiger partial charge in [-0.25, -0.2) is 0 Å². The number of aromatic nitrogens is 1. The van der Waals surface area contributed by atoms with Crippen LogP contribution in [0.3, 0.4) is 0 Å². The lowest BCUT2D eigenvalue weighted by molar-refractivity contribution is 0.104. The molecule has 3 aliphatic rings. The second kappa shape index (κ2) is 9.48. The number of methoxy groups -OCH3 is 1. The SMILES string of the molecule is COc1cccc(Nc2cc(N3CCN(C4CCCCC4)CC3)c3noc4c3c2C(=O)c2ccccc2-4)c1. The lowest BCUT2D eigenvalue weighted by Gasteiger charge is -2.41. The van der Waals surface area contributed by atoms with Crippen LogP contribution in [-0.4, -0.2) is 55.2 Å². The molecule has 0 radical (unpaired) electrons. The average Bonchev–Trinajstić information content (AvgIpc) is 3.42. The summed E-state index contributed by atoms with van der Waals surface area (Å²) in [5.74, 6) is 1.41. The molecule has 1 saturated carbocycles. The molecule has 2 aliphatic carbocycles. The van der Waals surface area contributed by atoms with Crippen LogP contribution in [0.25, 0.3) is 22.2 Å². The number of benzene rings is 3. The van der Waals surface area contributed by atoms with Crippen LogP contribution in [0.4, 0.5) is 17.1 Å². The highest BCUT2D eigenvalue weighted by Crippen LogP contribution is 2.46. The van der Waals surface area contributed by atoms with Crippen molar-refractivity contribution in [2.75, 3.05) is 43.5 Å². The topological polar surface area (TPSA) is 70.8 Å². The average molecular weight is 509 g/mol. The van der Waals surface area contributed by atoms with Crippen molar-refractivity contribution in [3.63, 3.8) is 0 Å². The van der Waals surface area contributed by atoms with E-state index in [0.717, 1.165) is 71.5 Å². The van der Waals surface area contributed by atoms with Gasteiger partial charge in [-0.3, -0.25) is 9.69 Å². The minimum absolute atomic E-state index is 0.0136. The Hall–Kier alpha value is -3.84. The molecule has 1 saturated heterocycles. The van der Waals surface area contributed by atoms with Crippen LogP contribution >= 0.6 is 0 Å². The maximum Gasteiger partial charge on any atom is 0.196 e. The quantitative estimate of drug-likeness (QED) is 0.301. The largest absolute Gasteiger partial charge is 0.497 e. The number of nitrogens with zero attached hydrogens (tertiary/aromatic N) is 3. The zero-order valence-electron chi connectivity index (χ0n) is 21.7. The molecule has 0 atom stereocenters. The Kier molecular flexibility index (Phi) is 5.81. The van der Waals surface area contributed by atoms with Crippen molar-refractivity contribution in [1.29, 1.82) is 0 Å². The number of carbonyl (C=O) groups is 1. The number of anilines is 3. The molecule has 0 amide bonds. The Balaban J connectivity index is 1.31. The molecule has 4 aromatic rings. The molecular weight excluding hydrogens is 476 g/mol. The van der Waals surface area contributed by atoms with E-state index < -0.39 is 0 Å². The van der Waals surface area contributed by atoms with Crippen molar-refractivity contribution in [3.05, 3.63) is 65.7 Å². The highest BCUT2D eigenvalue weighted by Gasteiger charge is 2.34. The molecule has 7 rings (SSSR count). The van der Waals surface area contributed by atoms with Crippen LogP contribution in [0.5, 0.6) is 5.75 Å². The van der Waals surface area contributed by atoms with Gasteiger partial charge in [-0.2, -0.15) is 0 Å². The first-order chi connectivity index (χ1) is 18.7. The van der Waals surface area contributed by atoms with Gasteiger partial charge in [0.05, 0.1) is 29.4 Å². The maximum atomic E-state index is 13.9. The molecule has 194 valence electrons.